The van der Waals surface area contributed by atoms with Crippen molar-refractivity contribution < 1.29 is 13.9 Å². The maximum absolute atomic E-state index is 14.0. The second-order valence-electron chi connectivity index (χ2n) is 7.04. The summed E-state index contributed by atoms with van der Waals surface area (Å²) in [5, 5.41) is 3.96. The summed E-state index contributed by atoms with van der Waals surface area (Å²) in [6.45, 7) is 3.61. The van der Waals surface area contributed by atoms with Gasteiger partial charge in [0.1, 0.15) is 34.6 Å². The average molecular weight is 448 g/mol. The summed E-state index contributed by atoms with van der Waals surface area (Å²) in [7, 11) is 0. The summed E-state index contributed by atoms with van der Waals surface area (Å²) in [5.41, 5.74) is 6.81. The van der Waals surface area contributed by atoms with Crippen LogP contribution in [0.5, 0.6) is 5.75 Å². The molecule has 0 saturated carbocycles. The molecular weight excluding hydrogens is 425 g/mol. The van der Waals surface area contributed by atoms with Gasteiger partial charge < -0.3 is 15.8 Å². The minimum absolute atomic E-state index is 0.0247. The monoisotopic (exact) mass is 447 g/mol. The Labute approximate surface area is 182 Å². The van der Waals surface area contributed by atoms with E-state index >= 15 is 0 Å². The molecule has 1 aliphatic heterocycles. The van der Waals surface area contributed by atoms with Gasteiger partial charge in [-0.1, -0.05) is 11.9 Å². The largest absolute Gasteiger partial charge is 0.487 e. The van der Waals surface area contributed by atoms with Crippen LogP contribution in [-0.4, -0.2) is 45.6 Å². The van der Waals surface area contributed by atoms with Gasteiger partial charge >= 0.3 is 0 Å². The molecule has 4 rings (SSSR count). The van der Waals surface area contributed by atoms with Crippen LogP contribution in [0.3, 0.4) is 0 Å². The second kappa shape index (κ2) is 8.75. The van der Waals surface area contributed by atoms with Crippen LogP contribution in [0.15, 0.2) is 24.5 Å². The SMILES string of the molecule is CSN1CCC[C@@H](Oc2cc(F)ccc2Nc2ncnc3sc(C(N)=O)c(C)c23)C1. The molecule has 1 aliphatic rings. The molecule has 30 heavy (non-hydrogen) atoms. The van der Waals surface area contributed by atoms with Crippen LogP contribution < -0.4 is 15.8 Å². The molecule has 1 aromatic carbocycles. The number of aryl methyl sites for hydroxylation is 1. The average Bonchev–Trinajstić information content (AvgIpc) is 3.08. The van der Waals surface area contributed by atoms with E-state index in [1.54, 1.807) is 18.0 Å². The molecule has 0 aliphatic carbocycles. The summed E-state index contributed by atoms with van der Waals surface area (Å²) in [5.74, 6) is 0.0800. The van der Waals surface area contributed by atoms with Crippen molar-refractivity contribution in [1.29, 1.82) is 0 Å². The first-order valence-corrected chi connectivity index (χ1v) is 11.5. The summed E-state index contributed by atoms with van der Waals surface area (Å²) < 4.78 is 22.4. The highest BCUT2D eigenvalue weighted by atomic mass is 32.2. The number of ether oxygens (including phenoxy) is 1. The van der Waals surface area contributed by atoms with Crippen LogP contribution in [0, 0.1) is 12.7 Å². The van der Waals surface area contributed by atoms with E-state index in [-0.39, 0.29) is 11.9 Å². The zero-order chi connectivity index (χ0) is 21.3. The quantitative estimate of drug-likeness (QED) is 0.550. The number of anilines is 2. The zero-order valence-electron chi connectivity index (χ0n) is 16.6. The Morgan fingerprint density at radius 2 is 2.27 bits per heavy atom. The van der Waals surface area contributed by atoms with Crippen molar-refractivity contribution in [3.63, 3.8) is 0 Å². The molecule has 2 aromatic heterocycles. The number of nitrogens with two attached hydrogens (primary N) is 1. The molecule has 0 spiro atoms. The van der Waals surface area contributed by atoms with Gasteiger partial charge in [0.25, 0.3) is 5.91 Å². The van der Waals surface area contributed by atoms with Gasteiger partial charge in [0.15, 0.2) is 0 Å². The summed E-state index contributed by atoms with van der Waals surface area (Å²) in [6, 6.07) is 4.39. The number of carbonyl (C=O) groups excluding carboxylic acids is 1. The fraction of sp³-hybridized carbons (Fsp3) is 0.350. The van der Waals surface area contributed by atoms with E-state index in [2.05, 4.69) is 19.6 Å². The molecule has 158 valence electrons. The van der Waals surface area contributed by atoms with Crippen LogP contribution in [0.4, 0.5) is 15.9 Å². The van der Waals surface area contributed by atoms with Gasteiger partial charge in [-0.05, 0) is 43.7 Å². The minimum Gasteiger partial charge on any atom is -0.487 e. The number of nitrogens with zero attached hydrogens (tertiary/aromatic N) is 3. The smallest absolute Gasteiger partial charge is 0.259 e. The lowest BCUT2D eigenvalue weighted by Gasteiger charge is -2.31. The molecule has 1 fully saturated rings. The van der Waals surface area contributed by atoms with Crippen molar-refractivity contribution in [3.05, 3.63) is 40.8 Å². The Kier molecular flexibility index (Phi) is 6.07. The third-order valence-corrected chi connectivity index (χ3v) is 7.10. The molecule has 0 unspecified atom stereocenters. The number of rotatable bonds is 6. The number of nitrogens with one attached hydrogen (secondary N) is 1. The summed E-state index contributed by atoms with van der Waals surface area (Å²) in [4.78, 5) is 21.4. The Bertz CT molecular complexity index is 1090. The number of halogens is 1. The lowest BCUT2D eigenvalue weighted by atomic mass is 10.1. The molecule has 3 N–H and O–H groups in total. The third kappa shape index (κ3) is 4.21. The lowest BCUT2D eigenvalue weighted by Crippen LogP contribution is -2.37. The van der Waals surface area contributed by atoms with Crippen molar-refractivity contribution in [2.45, 2.75) is 25.9 Å². The fourth-order valence-electron chi connectivity index (χ4n) is 3.57. The van der Waals surface area contributed by atoms with Crippen molar-refractivity contribution in [1.82, 2.24) is 14.3 Å². The number of hydrogen-bond donors (Lipinski definition) is 2. The number of hydrogen-bond acceptors (Lipinski definition) is 8. The first kappa shape index (κ1) is 20.8. The highest BCUT2D eigenvalue weighted by Gasteiger charge is 2.23. The Balaban J connectivity index is 1.66. The Morgan fingerprint density at radius 3 is 3.03 bits per heavy atom. The number of primary amides is 1. The van der Waals surface area contributed by atoms with Crippen LogP contribution >= 0.6 is 23.3 Å². The highest BCUT2D eigenvalue weighted by Crippen LogP contribution is 2.37. The molecule has 3 heterocycles. The standard InChI is InChI=1S/C20H22FN5O2S2/c1-11-16-19(23-10-24-20(16)30-17(11)18(22)27)25-14-6-5-12(21)8-15(14)28-13-4-3-7-26(9-13)29-2/h5-6,8,10,13H,3-4,7,9H2,1-2H3,(H2,22,27)(H,23,24,25)/t13-/m1/s1. The molecule has 1 atom stereocenters. The van der Waals surface area contributed by atoms with E-state index in [1.807, 2.05) is 13.2 Å². The second-order valence-corrected chi connectivity index (χ2v) is 8.92. The zero-order valence-corrected chi connectivity index (χ0v) is 18.3. The maximum Gasteiger partial charge on any atom is 0.259 e. The first-order valence-electron chi connectivity index (χ1n) is 9.52. The minimum atomic E-state index is -0.497. The van der Waals surface area contributed by atoms with Gasteiger partial charge in [-0.25, -0.2) is 18.7 Å². The van der Waals surface area contributed by atoms with Crippen molar-refractivity contribution in [2.24, 2.45) is 5.73 Å². The van der Waals surface area contributed by atoms with E-state index in [0.717, 1.165) is 36.9 Å². The van der Waals surface area contributed by atoms with Crippen LogP contribution in [0.2, 0.25) is 0 Å². The molecule has 0 radical (unpaired) electrons. The first-order chi connectivity index (χ1) is 14.5. The van der Waals surface area contributed by atoms with E-state index in [9.17, 15) is 9.18 Å². The molecular formula is C20H22FN5O2S2. The van der Waals surface area contributed by atoms with Crippen molar-refractivity contribution in [3.8, 4) is 5.75 Å². The van der Waals surface area contributed by atoms with Gasteiger partial charge in [0, 0.05) is 19.2 Å². The van der Waals surface area contributed by atoms with Gasteiger partial charge in [-0.15, -0.1) is 11.3 Å². The molecule has 1 saturated heterocycles. The molecule has 7 nitrogen and oxygen atoms in total. The van der Waals surface area contributed by atoms with E-state index < -0.39 is 5.91 Å². The maximum atomic E-state index is 14.0. The number of piperidine rings is 1. The van der Waals surface area contributed by atoms with E-state index in [4.69, 9.17) is 10.5 Å². The topological polar surface area (TPSA) is 93.4 Å². The Hall–Kier alpha value is -2.43. The predicted octanol–water partition coefficient (Wildman–Crippen LogP) is 4.10. The number of aromatic nitrogens is 2. The van der Waals surface area contributed by atoms with E-state index in [1.165, 1.54) is 29.8 Å². The van der Waals surface area contributed by atoms with Crippen LogP contribution in [0.25, 0.3) is 10.2 Å². The van der Waals surface area contributed by atoms with Gasteiger partial charge in [0.2, 0.25) is 0 Å². The number of benzene rings is 1. The molecule has 0 bridgehead atoms. The summed E-state index contributed by atoms with van der Waals surface area (Å²) in [6.07, 6.45) is 5.38. The van der Waals surface area contributed by atoms with Crippen LogP contribution in [-0.2, 0) is 0 Å². The normalized spacial score (nSPS) is 17.2. The van der Waals surface area contributed by atoms with Crippen molar-refractivity contribution >= 4 is 50.9 Å². The van der Waals surface area contributed by atoms with Gasteiger partial charge in [-0.2, -0.15) is 0 Å². The Morgan fingerprint density at radius 1 is 1.43 bits per heavy atom. The number of fused-ring (bicyclic) bond motifs is 1. The van der Waals surface area contributed by atoms with Gasteiger partial charge in [-0.3, -0.25) is 4.79 Å². The third-order valence-electron chi connectivity index (χ3n) is 5.04. The summed E-state index contributed by atoms with van der Waals surface area (Å²) >= 11 is 2.92. The fourth-order valence-corrected chi connectivity index (χ4v) is 5.20. The predicted molar refractivity (Wildman–Crippen MR) is 119 cm³/mol. The lowest BCUT2D eigenvalue weighted by molar-refractivity contribution is 0.100. The van der Waals surface area contributed by atoms with E-state index in [0.29, 0.717) is 27.0 Å². The van der Waals surface area contributed by atoms with Crippen molar-refractivity contribution in [2.75, 3.05) is 24.7 Å². The number of carbonyl (C=O) groups is 1. The molecule has 10 heteroatoms. The number of thiophene rings is 1. The molecule has 3 aromatic rings. The van der Waals surface area contributed by atoms with Gasteiger partial charge in [0.05, 0.1) is 16.0 Å². The highest BCUT2D eigenvalue weighted by molar-refractivity contribution is 7.96. The number of amides is 1. The molecule has 1 amide bonds. The van der Waals surface area contributed by atoms with Crippen LogP contribution in [0.1, 0.15) is 28.1 Å².